The second kappa shape index (κ2) is 6.52. The third-order valence-electron chi connectivity index (χ3n) is 3.32. The molecule has 1 fully saturated rings. The molecule has 3 rings (SSSR count). The minimum atomic E-state index is -0.0910. The van der Waals surface area contributed by atoms with Gasteiger partial charge < -0.3 is 15.5 Å². The number of hydrogen-bond acceptors (Lipinski definition) is 6. The minimum Gasteiger partial charge on any atom is -0.376 e. The van der Waals surface area contributed by atoms with E-state index in [1.807, 2.05) is 0 Å². The first-order chi connectivity index (χ1) is 10.7. The molecule has 1 aliphatic heterocycles. The first kappa shape index (κ1) is 14.5. The van der Waals surface area contributed by atoms with Crippen LogP contribution in [0.2, 0.25) is 0 Å². The fraction of sp³-hybridized carbons (Fsp3) is 0.286. The van der Waals surface area contributed by atoms with Crippen LogP contribution in [-0.4, -0.2) is 51.7 Å². The Bertz CT molecular complexity index is 641. The molecule has 1 saturated heterocycles. The van der Waals surface area contributed by atoms with E-state index in [4.69, 9.17) is 0 Å². The Balaban J connectivity index is 1.39. The number of amides is 2. The molecular weight excluding hydrogens is 302 g/mol. The second-order valence-corrected chi connectivity index (χ2v) is 5.77. The van der Waals surface area contributed by atoms with Crippen molar-refractivity contribution in [2.45, 2.75) is 6.04 Å². The standard InChI is InChI=1S/C14H15N5O2S/c20-13(7-16-10-1-4-15-5-2-10)18-11-8-19(9-11)14(21)12-3-6-17-22-12/h1-6,11H,7-9H2,(H,15,16)(H,18,20). The fourth-order valence-corrected chi connectivity index (χ4v) is 2.71. The minimum absolute atomic E-state index is 0.0172. The Morgan fingerprint density at radius 3 is 2.68 bits per heavy atom. The number of carbonyl (C=O) groups excluding carboxylic acids is 2. The molecule has 2 aromatic rings. The summed E-state index contributed by atoms with van der Waals surface area (Å²) in [6.07, 6.45) is 4.94. The summed E-state index contributed by atoms with van der Waals surface area (Å²) in [7, 11) is 0. The molecule has 0 aromatic carbocycles. The molecule has 22 heavy (non-hydrogen) atoms. The van der Waals surface area contributed by atoms with Gasteiger partial charge in [0, 0.05) is 37.4 Å². The van der Waals surface area contributed by atoms with Crippen molar-refractivity contribution < 1.29 is 9.59 Å². The lowest BCUT2D eigenvalue weighted by Gasteiger charge is -2.39. The number of pyridine rings is 1. The van der Waals surface area contributed by atoms with E-state index in [1.54, 1.807) is 41.7 Å². The van der Waals surface area contributed by atoms with Crippen LogP contribution in [0.1, 0.15) is 9.67 Å². The van der Waals surface area contributed by atoms with Crippen molar-refractivity contribution in [3.63, 3.8) is 0 Å². The molecule has 114 valence electrons. The van der Waals surface area contributed by atoms with E-state index >= 15 is 0 Å². The lowest BCUT2D eigenvalue weighted by atomic mass is 10.1. The van der Waals surface area contributed by atoms with E-state index in [0.717, 1.165) is 5.69 Å². The fourth-order valence-electron chi connectivity index (χ4n) is 2.15. The zero-order valence-corrected chi connectivity index (χ0v) is 12.5. The maximum Gasteiger partial charge on any atom is 0.265 e. The van der Waals surface area contributed by atoms with Crippen molar-refractivity contribution in [1.29, 1.82) is 0 Å². The average molecular weight is 317 g/mol. The van der Waals surface area contributed by atoms with E-state index in [-0.39, 0.29) is 24.4 Å². The van der Waals surface area contributed by atoms with Gasteiger partial charge in [0.25, 0.3) is 5.91 Å². The first-order valence-corrected chi connectivity index (χ1v) is 7.63. The van der Waals surface area contributed by atoms with Crippen LogP contribution in [0, 0.1) is 0 Å². The van der Waals surface area contributed by atoms with Crippen LogP contribution >= 0.6 is 11.5 Å². The highest BCUT2D eigenvalue weighted by Gasteiger charge is 2.32. The molecule has 3 heterocycles. The van der Waals surface area contributed by atoms with Gasteiger partial charge in [-0.3, -0.25) is 14.6 Å². The highest BCUT2D eigenvalue weighted by molar-refractivity contribution is 7.08. The van der Waals surface area contributed by atoms with Gasteiger partial charge in [-0.25, -0.2) is 4.37 Å². The van der Waals surface area contributed by atoms with E-state index in [0.29, 0.717) is 18.0 Å². The van der Waals surface area contributed by atoms with Gasteiger partial charge in [0.15, 0.2) is 0 Å². The quantitative estimate of drug-likeness (QED) is 0.843. The predicted octanol–water partition coefficient (Wildman–Crippen LogP) is 0.591. The van der Waals surface area contributed by atoms with Gasteiger partial charge >= 0.3 is 0 Å². The summed E-state index contributed by atoms with van der Waals surface area (Å²) in [5.74, 6) is -0.116. The Kier molecular flexibility index (Phi) is 4.29. The molecule has 2 amide bonds. The van der Waals surface area contributed by atoms with E-state index in [9.17, 15) is 9.59 Å². The van der Waals surface area contributed by atoms with Gasteiger partial charge in [0.1, 0.15) is 4.88 Å². The lowest BCUT2D eigenvalue weighted by Crippen LogP contribution is -2.61. The maximum absolute atomic E-state index is 12.0. The molecule has 0 unspecified atom stereocenters. The van der Waals surface area contributed by atoms with Crippen LogP contribution in [0.15, 0.2) is 36.8 Å². The van der Waals surface area contributed by atoms with E-state index < -0.39 is 0 Å². The third kappa shape index (κ3) is 3.40. The van der Waals surface area contributed by atoms with E-state index in [2.05, 4.69) is 20.0 Å². The Hall–Kier alpha value is -2.48. The van der Waals surface area contributed by atoms with Crippen LogP contribution in [0.25, 0.3) is 0 Å². The smallest absolute Gasteiger partial charge is 0.265 e. The molecule has 8 heteroatoms. The van der Waals surface area contributed by atoms with Gasteiger partial charge in [-0.15, -0.1) is 0 Å². The van der Waals surface area contributed by atoms with Gasteiger partial charge in [0.05, 0.1) is 12.6 Å². The summed E-state index contributed by atoms with van der Waals surface area (Å²) < 4.78 is 3.92. The number of hydrogen-bond donors (Lipinski definition) is 2. The Morgan fingerprint density at radius 1 is 1.23 bits per heavy atom. The number of carbonyl (C=O) groups is 2. The van der Waals surface area contributed by atoms with Gasteiger partial charge in [0.2, 0.25) is 5.91 Å². The number of rotatable bonds is 5. The second-order valence-electron chi connectivity index (χ2n) is 4.94. The third-order valence-corrected chi connectivity index (χ3v) is 4.05. The summed E-state index contributed by atoms with van der Waals surface area (Å²) in [6.45, 7) is 1.28. The van der Waals surface area contributed by atoms with Crippen molar-refractivity contribution in [3.8, 4) is 0 Å². The van der Waals surface area contributed by atoms with Crippen LogP contribution in [0.5, 0.6) is 0 Å². The van der Waals surface area contributed by atoms with Crippen LogP contribution in [0.4, 0.5) is 5.69 Å². The molecule has 0 spiro atoms. The first-order valence-electron chi connectivity index (χ1n) is 6.85. The normalized spacial score (nSPS) is 14.3. The topological polar surface area (TPSA) is 87.2 Å². The number of likely N-dealkylation sites (tertiary alicyclic amines) is 1. The van der Waals surface area contributed by atoms with Crippen molar-refractivity contribution in [2.24, 2.45) is 0 Å². The summed E-state index contributed by atoms with van der Waals surface area (Å²) in [6, 6.07) is 5.32. The molecular formula is C14H15N5O2S. The summed E-state index contributed by atoms with van der Waals surface area (Å²) in [5, 5.41) is 5.91. The number of aromatic nitrogens is 2. The van der Waals surface area contributed by atoms with Gasteiger partial charge in [-0.2, -0.15) is 0 Å². The van der Waals surface area contributed by atoms with Crippen molar-refractivity contribution in [1.82, 2.24) is 19.6 Å². The highest BCUT2D eigenvalue weighted by atomic mass is 32.1. The molecule has 0 bridgehead atoms. The van der Waals surface area contributed by atoms with Gasteiger partial charge in [-0.1, -0.05) is 0 Å². The monoisotopic (exact) mass is 317 g/mol. The molecule has 1 aliphatic rings. The van der Waals surface area contributed by atoms with Crippen molar-refractivity contribution in [2.75, 3.05) is 25.0 Å². The van der Waals surface area contributed by atoms with Crippen LogP contribution in [-0.2, 0) is 4.79 Å². The Morgan fingerprint density at radius 2 is 2.00 bits per heavy atom. The average Bonchev–Trinajstić information content (AvgIpc) is 3.03. The molecule has 2 N–H and O–H groups in total. The highest BCUT2D eigenvalue weighted by Crippen LogP contribution is 2.15. The molecule has 0 radical (unpaired) electrons. The van der Waals surface area contributed by atoms with Crippen molar-refractivity contribution >= 4 is 29.0 Å². The summed E-state index contributed by atoms with van der Waals surface area (Å²) in [5.41, 5.74) is 0.848. The SMILES string of the molecule is O=C(CNc1ccncc1)NC1CN(C(=O)c2ccns2)C1. The van der Waals surface area contributed by atoms with Gasteiger partial charge in [-0.05, 0) is 29.7 Å². The van der Waals surface area contributed by atoms with E-state index in [1.165, 1.54) is 11.5 Å². The number of nitrogens with one attached hydrogen (secondary N) is 2. The zero-order valence-electron chi connectivity index (χ0n) is 11.7. The van der Waals surface area contributed by atoms with Crippen LogP contribution in [0.3, 0.4) is 0 Å². The number of anilines is 1. The summed E-state index contributed by atoms with van der Waals surface area (Å²) in [4.78, 5) is 30.1. The summed E-state index contributed by atoms with van der Waals surface area (Å²) >= 11 is 1.19. The largest absolute Gasteiger partial charge is 0.376 e. The predicted molar refractivity (Wildman–Crippen MR) is 82.7 cm³/mol. The molecule has 0 atom stereocenters. The number of nitrogens with zero attached hydrogens (tertiary/aromatic N) is 3. The maximum atomic E-state index is 12.0. The molecule has 0 aliphatic carbocycles. The zero-order chi connectivity index (χ0) is 15.4. The van der Waals surface area contributed by atoms with Crippen LogP contribution < -0.4 is 10.6 Å². The van der Waals surface area contributed by atoms with Crippen molar-refractivity contribution in [3.05, 3.63) is 41.7 Å². The lowest BCUT2D eigenvalue weighted by molar-refractivity contribution is -0.121. The Labute approximate surface area is 131 Å². The molecule has 7 nitrogen and oxygen atoms in total. The molecule has 2 aromatic heterocycles. The molecule has 0 saturated carbocycles.